The number of aliphatic hydroxyl groups excluding tert-OH is 1. The average molecular weight is 1350 g/mol. The SMILES string of the molecule is CCCCCCCCCCCCCCC(=O)OC[C@H](COP(=O)(O)OC[C@@H](O)COP(=O)(O)OC[C@@H](COC(=O)CCCCCCCCCCC(C)C)OC(=O)CCCCCCCCCCC(C)C)OC(=O)CCCCCCCCCCCCCCCCCC(C)C. The monoisotopic (exact) mass is 1350 g/mol. The highest BCUT2D eigenvalue weighted by Crippen LogP contribution is 2.45. The quantitative estimate of drug-likeness (QED) is 0.0222. The Kier molecular flexibility index (Phi) is 62.4. The van der Waals surface area contributed by atoms with E-state index in [1.54, 1.807) is 0 Å². The van der Waals surface area contributed by atoms with Gasteiger partial charge >= 0.3 is 39.5 Å². The van der Waals surface area contributed by atoms with E-state index in [1.807, 2.05) is 0 Å². The molecule has 0 aliphatic rings. The van der Waals surface area contributed by atoms with E-state index in [4.69, 9.17) is 37.0 Å². The molecule has 0 aliphatic heterocycles. The average Bonchev–Trinajstić information content (AvgIpc) is 1.57. The number of hydrogen-bond acceptors (Lipinski definition) is 15. The van der Waals surface area contributed by atoms with Crippen molar-refractivity contribution >= 4 is 39.5 Å². The van der Waals surface area contributed by atoms with Crippen LogP contribution in [0.1, 0.15) is 370 Å². The third-order valence-electron chi connectivity index (χ3n) is 16.9. The smallest absolute Gasteiger partial charge is 0.462 e. The number of phosphoric acid groups is 2. The Morgan fingerprint density at radius 3 is 0.739 bits per heavy atom. The van der Waals surface area contributed by atoms with Crippen LogP contribution in [0.15, 0.2) is 0 Å². The molecule has 0 amide bonds. The molecule has 0 saturated heterocycles. The van der Waals surface area contributed by atoms with Crippen LogP contribution in [0.4, 0.5) is 0 Å². The first-order chi connectivity index (χ1) is 44.2. The predicted molar refractivity (Wildman–Crippen MR) is 372 cm³/mol. The van der Waals surface area contributed by atoms with Crippen molar-refractivity contribution in [1.29, 1.82) is 0 Å². The van der Waals surface area contributed by atoms with Crippen LogP contribution in [0.5, 0.6) is 0 Å². The van der Waals surface area contributed by atoms with Gasteiger partial charge in [-0.25, -0.2) is 9.13 Å². The summed E-state index contributed by atoms with van der Waals surface area (Å²) in [7, 11) is -9.91. The fraction of sp³-hybridized carbons (Fsp3) is 0.945. The second-order valence-electron chi connectivity index (χ2n) is 27.8. The summed E-state index contributed by atoms with van der Waals surface area (Å²) in [4.78, 5) is 72.6. The van der Waals surface area contributed by atoms with E-state index in [-0.39, 0.29) is 25.7 Å². The van der Waals surface area contributed by atoms with Crippen molar-refractivity contribution in [1.82, 2.24) is 0 Å². The van der Waals surface area contributed by atoms with Gasteiger partial charge in [0.1, 0.15) is 19.3 Å². The molecule has 17 nitrogen and oxygen atoms in total. The van der Waals surface area contributed by atoms with Gasteiger partial charge in [0.15, 0.2) is 12.2 Å². The van der Waals surface area contributed by atoms with Gasteiger partial charge in [-0.1, -0.05) is 318 Å². The lowest BCUT2D eigenvalue weighted by Crippen LogP contribution is -2.30. The maximum Gasteiger partial charge on any atom is 0.472 e. The van der Waals surface area contributed by atoms with Crippen molar-refractivity contribution in [3.05, 3.63) is 0 Å². The summed E-state index contributed by atoms with van der Waals surface area (Å²) in [6, 6.07) is 0. The van der Waals surface area contributed by atoms with Gasteiger partial charge in [0.25, 0.3) is 0 Å². The van der Waals surface area contributed by atoms with Crippen LogP contribution < -0.4 is 0 Å². The number of carbonyl (C=O) groups excluding carboxylic acids is 4. The number of ether oxygens (including phenoxy) is 4. The van der Waals surface area contributed by atoms with Crippen LogP contribution in [0.3, 0.4) is 0 Å². The summed E-state index contributed by atoms with van der Waals surface area (Å²) >= 11 is 0. The summed E-state index contributed by atoms with van der Waals surface area (Å²) in [6.45, 7) is 11.8. The Balaban J connectivity index is 5.23. The van der Waals surface area contributed by atoms with Gasteiger partial charge in [-0.2, -0.15) is 0 Å². The first-order valence-electron chi connectivity index (χ1n) is 37.8. The van der Waals surface area contributed by atoms with Crippen molar-refractivity contribution in [2.24, 2.45) is 17.8 Å². The Hall–Kier alpha value is -1.94. The van der Waals surface area contributed by atoms with E-state index in [0.29, 0.717) is 25.7 Å². The van der Waals surface area contributed by atoms with Crippen molar-refractivity contribution in [3.63, 3.8) is 0 Å². The van der Waals surface area contributed by atoms with E-state index in [0.717, 1.165) is 108 Å². The second-order valence-corrected chi connectivity index (χ2v) is 30.7. The largest absolute Gasteiger partial charge is 0.472 e. The van der Waals surface area contributed by atoms with Gasteiger partial charge in [0, 0.05) is 25.7 Å². The third kappa shape index (κ3) is 66.7. The summed E-state index contributed by atoms with van der Waals surface area (Å²) in [5.74, 6) is 0.124. The molecule has 0 heterocycles. The van der Waals surface area contributed by atoms with Crippen LogP contribution in [-0.4, -0.2) is 96.7 Å². The molecule has 0 aromatic rings. The maximum atomic E-state index is 13.1. The minimum absolute atomic E-state index is 0.104. The standard InChI is InChI=1S/C73H142O17P2/c1-8-9-10-11-12-13-14-21-24-33-40-47-54-70(75)83-60-68(89-72(77)56-49-42-35-25-22-19-17-15-16-18-20-23-30-37-44-51-64(2)3)62-87-91(79,80)85-58-67(74)59-86-92(81,82)88-63-69(90-73(78)57-50-43-36-29-27-32-39-46-53-66(6)7)61-84-71(76)55-48-41-34-28-26-31-38-45-52-65(4)5/h64-69,74H,8-63H2,1-7H3,(H,79,80)(H,81,82)/t67-,68-,69-/m1/s1. The van der Waals surface area contributed by atoms with Crippen molar-refractivity contribution < 1.29 is 80.2 Å². The number of unbranched alkanes of at least 4 members (excludes halogenated alkanes) is 39. The first kappa shape index (κ1) is 90.1. The van der Waals surface area contributed by atoms with Gasteiger partial charge in [0.2, 0.25) is 0 Å². The molecule has 0 saturated carbocycles. The zero-order valence-electron chi connectivity index (χ0n) is 60.0. The van der Waals surface area contributed by atoms with Gasteiger partial charge < -0.3 is 33.8 Å². The molecule has 546 valence electrons. The second kappa shape index (κ2) is 63.8. The van der Waals surface area contributed by atoms with E-state index in [9.17, 15) is 43.2 Å². The van der Waals surface area contributed by atoms with Crippen molar-refractivity contribution in [2.75, 3.05) is 39.6 Å². The minimum atomic E-state index is -4.95. The molecule has 0 fully saturated rings. The molecule has 19 heteroatoms. The molecule has 5 atom stereocenters. The number of phosphoric ester groups is 2. The van der Waals surface area contributed by atoms with Gasteiger partial charge in [-0.3, -0.25) is 37.3 Å². The van der Waals surface area contributed by atoms with Crippen LogP contribution in [-0.2, 0) is 65.4 Å². The van der Waals surface area contributed by atoms with E-state index in [2.05, 4.69) is 48.5 Å². The molecule has 0 bridgehead atoms. The summed E-state index contributed by atoms with van der Waals surface area (Å²) in [6.07, 6.45) is 48.6. The first-order valence-corrected chi connectivity index (χ1v) is 40.8. The highest BCUT2D eigenvalue weighted by molar-refractivity contribution is 7.47. The van der Waals surface area contributed by atoms with Crippen LogP contribution in [0, 0.1) is 17.8 Å². The molecule has 0 radical (unpaired) electrons. The van der Waals surface area contributed by atoms with Crippen molar-refractivity contribution in [2.45, 2.75) is 388 Å². The number of hydrogen-bond donors (Lipinski definition) is 3. The highest BCUT2D eigenvalue weighted by atomic mass is 31.2. The normalized spacial score (nSPS) is 14.1. The number of rotatable bonds is 71. The summed E-state index contributed by atoms with van der Waals surface area (Å²) in [5, 5.41) is 10.6. The lowest BCUT2D eigenvalue weighted by molar-refractivity contribution is -0.161. The molecule has 0 aliphatic carbocycles. The van der Waals surface area contributed by atoms with Gasteiger partial charge in [0.05, 0.1) is 26.4 Å². The molecular formula is C73H142O17P2. The molecule has 0 spiro atoms. The molecular weight excluding hydrogens is 1210 g/mol. The number of carbonyl (C=O) groups is 4. The Bertz CT molecular complexity index is 1800. The highest BCUT2D eigenvalue weighted by Gasteiger charge is 2.30. The van der Waals surface area contributed by atoms with Crippen LogP contribution in [0.2, 0.25) is 0 Å². The molecule has 0 rings (SSSR count). The zero-order valence-corrected chi connectivity index (χ0v) is 61.8. The van der Waals surface area contributed by atoms with E-state index < -0.39 is 97.5 Å². The Labute approximate surface area is 562 Å². The molecule has 2 unspecified atom stereocenters. The maximum absolute atomic E-state index is 13.1. The lowest BCUT2D eigenvalue weighted by Gasteiger charge is -2.21. The fourth-order valence-corrected chi connectivity index (χ4v) is 12.7. The van der Waals surface area contributed by atoms with E-state index >= 15 is 0 Å². The van der Waals surface area contributed by atoms with Crippen LogP contribution in [0.25, 0.3) is 0 Å². The summed E-state index contributed by atoms with van der Waals surface area (Å²) in [5.41, 5.74) is 0. The topological polar surface area (TPSA) is 237 Å². The molecule has 0 aromatic heterocycles. The number of aliphatic hydroxyl groups is 1. The van der Waals surface area contributed by atoms with Crippen molar-refractivity contribution in [3.8, 4) is 0 Å². The number of esters is 4. The minimum Gasteiger partial charge on any atom is -0.462 e. The Morgan fingerprint density at radius 2 is 0.500 bits per heavy atom. The predicted octanol–water partition coefficient (Wildman–Crippen LogP) is 21.0. The van der Waals surface area contributed by atoms with Gasteiger partial charge in [-0.15, -0.1) is 0 Å². The zero-order chi connectivity index (χ0) is 68.0. The Morgan fingerprint density at radius 1 is 0.293 bits per heavy atom. The third-order valence-corrected chi connectivity index (χ3v) is 18.8. The molecule has 92 heavy (non-hydrogen) atoms. The summed E-state index contributed by atoms with van der Waals surface area (Å²) < 4.78 is 68.4. The molecule has 3 N–H and O–H groups in total. The molecule has 0 aromatic carbocycles. The van der Waals surface area contributed by atoms with Gasteiger partial charge in [-0.05, 0) is 43.4 Å². The van der Waals surface area contributed by atoms with E-state index in [1.165, 1.54) is 180 Å². The fourth-order valence-electron chi connectivity index (χ4n) is 11.1. The lowest BCUT2D eigenvalue weighted by atomic mass is 10.0. The van der Waals surface area contributed by atoms with Crippen LogP contribution >= 0.6 is 15.6 Å².